The summed E-state index contributed by atoms with van der Waals surface area (Å²) < 4.78 is 37.3. The van der Waals surface area contributed by atoms with E-state index in [4.69, 9.17) is 0 Å². The molecule has 0 saturated carbocycles. The SMILES string of the molecule is CCS(=O)(=O)NCCNC(=O)c1cccc(F)c1. The molecule has 1 amide bonds. The highest BCUT2D eigenvalue weighted by atomic mass is 32.2. The van der Waals surface area contributed by atoms with Crippen LogP contribution < -0.4 is 10.0 Å². The van der Waals surface area contributed by atoms with Gasteiger partial charge in [0, 0.05) is 18.7 Å². The molecule has 7 heteroatoms. The molecule has 0 unspecified atom stereocenters. The topological polar surface area (TPSA) is 75.3 Å². The van der Waals surface area contributed by atoms with Crippen molar-refractivity contribution in [1.29, 1.82) is 0 Å². The molecule has 0 bridgehead atoms. The summed E-state index contributed by atoms with van der Waals surface area (Å²) in [6.07, 6.45) is 0. The number of hydrogen-bond donors (Lipinski definition) is 2. The predicted molar refractivity (Wildman–Crippen MR) is 66.2 cm³/mol. The molecule has 0 aromatic heterocycles. The maximum absolute atomic E-state index is 12.8. The number of amides is 1. The fourth-order valence-corrected chi connectivity index (χ4v) is 1.83. The molecular weight excluding hydrogens is 259 g/mol. The minimum atomic E-state index is -3.25. The average Bonchev–Trinajstić information content (AvgIpc) is 2.34. The molecule has 0 aliphatic carbocycles. The van der Waals surface area contributed by atoms with E-state index in [2.05, 4.69) is 10.0 Å². The summed E-state index contributed by atoms with van der Waals surface area (Å²) in [5.41, 5.74) is 0.202. The summed E-state index contributed by atoms with van der Waals surface area (Å²) in [6.45, 7) is 1.78. The van der Waals surface area contributed by atoms with Gasteiger partial charge in [0.25, 0.3) is 5.91 Å². The number of sulfonamides is 1. The number of hydrogen-bond acceptors (Lipinski definition) is 3. The Balaban J connectivity index is 2.39. The Labute approximate surface area is 105 Å². The quantitative estimate of drug-likeness (QED) is 0.742. The zero-order chi connectivity index (χ0) is 13.6. The molecule has 18 heavy (non-hydrogen) atoms. The molecule has 0 aliphatic heterocycles. The lowest BCUT2D eigenvalue weighted by Gasteiger charge is -2.06. The van der Waals surface area contributed by atoms with Gasteiger partial charge in [-0.15, -0.1) is 0 Å². The third-order valence-electron chi connectivity index (χ3n) is 2.20. The van der Waals surface area contributed by atoms with Crippen LogP contribution in [0.4, 0.5) is 4.39 Å². The highest BCUT2D eigenvalue weighted by molar-refractivity contribution is 7.89. The van der Waals surface area contributed by atoms with Crippen LogP contribution in [-0.2, 0) is 10.0 Å². The Morgan fingerprint density at radius 2 is 2.06 bits per heavy atom. The molecule has 0 atom stereocenters. The number of benzene rings is 1. The molecule has 0 heterocycles. The molecule has 2 N–H and O–H groups in total. The van der Waals surface area contributed by atoms with Gasteiger partial charge in [-0.2, -0.15) is 0 Å². The van der Waals surface area contributed by atoms with Crippen LogP contribution in [0.25, 0.3) is 0 Å². The van der Waals surface area contributed by atoms with Gasteiger partial charge in [0.1, 0.15) is 5.82 Å². The van der Waals surface area contributed by atoms with E-state index in [0.29, 0.717) is 0 Å². The molecule has 0 saturated heterocycles. The monoisotopic (exact) mass is 274 g/mol. The minimum absolute atomic E-state index is 0.00908. The van der Waals surface area contributed by atoms with E-state index >= 15 is 0 Å². The second-order valence-electron chi connectivity index (χ2n) is 3.56. The van der Waals surface area contributed by atoms with Crippen molar-refractivity contribution in [3.8, 4) is 0 Å². The minimum Gasteiger partial charge on any atom is -0.351 e. The molecule has 100 valence electrons. The van der Waals surface area contributed by atoms with Crippen molar-refractivity contribution >= 4 is 15.9 Å². The molecule has 0 radical (unpaired) electrons. The van der Waals surface area contributed by atoms with Crippen LogP contribution in [0.15, 0.2) is 24.3 Å². The molecule has 0 aliphatic rings. The molecule has 5 nitrogen and oxygen atoms in total. The van der Waals surface area contributed by atoms with E-state index in [-0.39, 0.29) is 24.4 Å². The fourth-order valence-electron chi connectivity index (χ4n) is 1.22. The number of carbonyl (C=O) groups is 1. The van der Waals surface area contributed by atoms with Gasteiger partial charge in [-0.05, 0) is 25.1 Å². The van der Waals surface area contributed by atoms with E-state index in [1.54, 1.807) is 0 Å². The molecule has 1 aromatic rings. The molecule has 0 fully saturated rings. The first kappa shape index (κ1) is 14.6. The lowest BCUT2D eigenvalue weighted by Crippen LogP contribution is -2.35. The van der Waals surface area contributed by atoms with Gasteiger partial charge in [0.15, 0.2) is 0 Å². The first-order chi connectivity index (χ1) is 8.44. The third-order valence-corrected chi connectivity index (χ3v) is 3.60. The van der Waals surface area contributed by atoms with E-state index in [1.807, 2.05) is 0 Å². The standard InChI is InChI=1S/C11H15FN2O3S/c1-2-18(16,17)14-7-6-13-11(15)9-4-3-5-10(12)8-9/h3-5,8,14H,2,6-7H2,1H3,(H,13,15). The molecular formula is C11H15FN2O3S. The van der Waals surface area contributed by atoms with Crippen LogP contribution in [0.2, 0.25) is 0 Å². The maximum atomic E-state index is 12.8. The number of carbonyl (C=O) groups excluding carboxylic acids is 1. The maximum Gasteiger partial charge on any atom is 0.251 e. The summed E-state index contributed by atoms with van der Waals surface area (Å²) >= 11 is 0. The first-order valence-electron chi connectivity index (χ1n) is 5.45. The average molecular weight is 274 g/mol. The smallest absolute Gasteiger partial charge is 0.251 e. The summed E-state index contributed by atoms with van der Waals surface area (Å²) in [5.74, 6) is -0.940. The lowest BCUT2D eigenvalue weighted by atomic mass is 10.2. The third kappa shape index (κ3) is 4.80. The van der Waals surface area contributed by atoms with Crippen molar-refractivity contribution < 1.29 is 17.6 Å². The van der Waals surface area contributed by atoms with Gasteiger partial charge in [-0.3, -0.25) is 4.79 Å². The van der Waals surface area contributed by atoms with Gasteiger partial charge in [-0.1, -0.05) is 6.07 Å². The van der Waals surface area contributed by atoms with Gasteiger partial charge >= 0.3 is 0 Å². The van der Waals surface area contributed by atoms with Crippen LogP contribution in [0.5, 0.6) is 0 Å². The van der Waals surface area contributed by atoms with Crippen molar-refractivity contribution in [3.05, 3.63) is 35.6 Å². The summed E-state index contributed by atoms with van der Waals surface area (Å²) in [5, 5.41) is 2.49. The van der Waals surface area contributed by atoms with Gasteiger partial charge in [-0.25, -0.2) is 17.5 Å². The van der Waals surface area contributed by atoms with Crippen molar-refractivity contribution in [2.45, 2.75) is 6.92 Å². The van der Waals surface area contributed by atoms with Crippen LogP contribution in [-0.4, -0.2) is 33.2 Å². The largest absolute Gasteiger partial charge is 0.351 e. The summed E-state index contributed by atoms with van der Waals surface area (Å²) in [4.78, 5) is 11.5. The second-order valence-corrected chi connectivity index (χ2v) is 5.66. The van der Waals surface area contributed by atoms with Crippen molar-refractivity contribution in [1.82, 2.24) is 10.0 Å². The van der Waals surface area contributed by atoms with Crippen molar-refractivity contribution in [3.63, 3.8) is 0 Å². The van der Waals surface area contributed by atoms with Crippen molar-refractivity contribution in [2.75, 3.05) is 18.8 Å². The normalized spacial score (nSPS) is 11.2. The Morgan fingerprint density at radius 1 is 1.33 bits per heavy atom. The van der Waals surface area contributed by atoms with Gasteiger partial charge in [0.05, 0.1) is 5.75 Å². The highest BCUT2D eigenvalue weighted by Gasteiger charge is 2.07. The highest BCUT2D eigenvalue weighted by Crippen LogP contribution is 2.02. The van der Waals surface area contributed by atoms with Crippen LogP contribution >= 0.6 is 0 Å². The number of nitrogens with one attached hydrogen (secondary N) is 2. The van der Waals surface area contributed by atoms with E-state index < -0.39 is 21.7 Å². The summed E-state index contributed by atoms with van der Waals surface area (Å²) in [6, 6.07) is 5.27. The molecule has 1 aromatic carbocycles. The van der Waals surface area contributed by atoms with Gasteiger partial charge in [0.2, 0.25) is 10.0 Å². The Hall–Kier alpha value is -1.47. The molecule has 0 spiro atoms. The second kappa shape index (κ2) is 6.46. The zero-order valence-electron chi connectivity index (χ0n) is 9.94. The zero-order valence-corrected chi connectivity index (χ0v) is 10.8. The summed E-state index contributed by atoms with van der Waals surface area (Å²) in [7, 11) is -3.25. The van der Waals surface area contributed by atoms with Crippen LogP contribution in [0.3, 0.4) is 0 Å². The first-order valence-corrected chi connectivity index (χ1v) is 7.11. The number of halogens is 1. The van der Waals surface area contributed by atoms with E-state index in [9.17, 15) is 17.6 Å². The van der Waals surface area contributed by atoms with Gasteiger partial charge < -0.3 is 5.32 Å². The predicted octanol–water partition coefficient (Wildman–Crippen LogP) is 0.495. The van der Waals surface area contributed by atoms with E-state index in [0.717, 1.165) is 6.07 Å². The lowest BCUT2D eigenvalue weighted by molar-refractivity contribution is 0.0954. The Bertz CT molecular complexity index is 517. The number of rotatable bonds is 6. The fraction of sp³-hybridized carbons (Fsp3) is 0.364. The van der Waals surface area contributed by atoms with Crippen LogP contribution in [0, 0.1) is 5.82 Å². The van der Waals surface area contributed by atoms with Crippen LogP contribution in [0.1, 0.15) is 17.3 Å². The molecule has 1 rings (SSSR count). The van der Waals surface area contributed by atoms with Crippen molar-refractivity contribution in [2.24, 2.45) is 0 Å². The Kier molecular flexibility index (Phi) is 5.24. The van der Waals surface area contributed by atoms with E-state index in [1.165, 1.54) is 25.1 Å². The Morgan fingerprint density at radius 3 is 2.67 bits per heavy atom.